The van der Waals surface area contributed by atoms with Crippen molar-refractivity contribution in [1.29, 1.82) is 5.26 Å². The molecule has 7 heteroatoms. The van der Waals surface area contributed by atoms with E-state index in [4.69, 9.17) is 10.4 Å². The van der Waals surface area contributed by atoms with Crippen LogP contribution < -0.4 is 5.32 Å². The van der Waals surface area contributed by atoms with Crippen molar-refractivity contribution in [3.05, 3.63) is 11.8 Å². The van der Waals surface area contributed by atoms with Crippen LogP contribution in [0.25, 0.3) is 0 Å². The summed E-state index contributed by atoms with van der Waals surface area (Å²) in [6, 6.07) is 1.08. The Morgan fingerprint density at radius 3 is 2.64 bits per heavy atom. The minimum Gasteiger partial charge on any atom is -0.480 e. The van der Waals surface area contributed by atoms with Gasteiger partial charge in [0.05, 0.1) is 0 Å². The highest BCUT2D eigenvalue weighted by Crippen LogP contribution is 2.17. The van der Waals surface area contributed by atoms with E-state index in [0.717, 1.165) is 12.8 Å². The first-order chi connectivity index (χ1) is 10.5. The SMILES string of the molecule is CSCCC(N/C=C(/C#N)C(=O)N1CCC(C)CC1)C(=O)O. The fraction of sp³-hybridized carbons (Fsp3) is 0.667. The van der Waals surface area contributed by atoms with Crippen molar-refractivity contribution in [3.63, 3.8) is 0 Å². The number of nitriles is 1. The van der Waals surface area contributed by atoms with Gasteiger partial charge in [-0.25, -0.2) is 4.79 Å². The lowest BCUT2D eigenvalue weighted by Gasteiger charge is -2.30. The number of hydrogen-bond donors (Lipinski definition) is 2. The molecule has 1 fully saturated rings. The van der Waals surface area contributed by atoms with Gasteiger partial charge in [0.1, 0.15) is 17.7 Å². The summed E-state index contributed by atoms with van der Waals surface area (Å²) in [6.45, 7) is 3.44. The van der Waals surface area contributed by atoms with Crippen LogP contribution in [0.3, 0.4) is 0 Å². The summed E-state index contributed by atoms with van der Waals surface area (Å²) in [6.07, 6.45) is 5.45. The second-order valence-electron chi connectivity index (χ2n) is 5.48. The number of nitrogens with one attached hydrogen (secondary N) is 1. The van der Waals surface area contributed by atoms with Gasteiger partial charge in [0.2, 0.25) is 0 Å². The van der Waals surface area contributed by atoms with Gasteiger partial charge < -0.3 is 15.3 Å². The van der Waals surface area contributed by atoms with Gasteiger partial charge >= 0.3 is 5.97 Å². The zero-order valence-electron chi connectivity index (χ0n) is 13.0. The molecule has 22 heavy (non-hydrogen) atoms. The topological polar surface area (TPSA) is 93.4 Å². The molecular formula is C15H23N3O3S. The molecule has 6 nitrogen and oxygen atoms in total. The van der Waals surface area contributed by atoms with E-state index in [0.29, 0.717) is 31.2 Å². The summed E-state index contributed by atoms with van der Waals surface area (Å²) in [4.78, 5) is 25.1. The molecule has 1 unspecified atom stereocenters. The van der Waals surface area contributed by atoms with Gasteiger partial charge in [0.15, 0.2) is 0 Å². The molecule has 0 aromatic heterocycles. The second-order valence-corrected chi connectivity index (χ2v) is 6.47. The minimum absolute atomic E-state index is 0.0371. The maximum atomic E-state index is 12.3. The Labute approximate surface area is 135 Å². The molecule has 0 aromatic carbocycles. The molecule has 1 heterocycles. The van der Waals surface area contributed by atoms with E-state index in [1.165, 1.54) is 6.20 Å². The molecule has 0 radical (unpaired) electrons. The maximum absolute atomic E-state index is 12.3. The van der Waals surface area contributed by atoms with Crippen LogP contribution >= 0.6 is 11.8 Å². The summed E-state index contributed by atoms with van der Waals surface area (Å²) in [5.74, 6) is -0.0187. The summed E-state index contributed by atoms with van der Waals surface area (Å²) in [7, 11) is 0. The number of carbonyl (C=O) groups is 2. The molecule has 1 amide bonds. The monoisotopic (exact) mass is 325 g/mol. The van der Waals surface area contributed by atoms with Crippen LogP contribution in [-0.4, -0.2) is 53.0 Å². The molecule has 0 aromatic rings. The Morgan fingerprint density at radius 2 is 2.14 bits per heavy atom. The highest BCUT2D eigenvalue weighted by Gasteiger charge is 2.23. The molecule has 1 aliphatic rings. The Balaban J connectivity index is 2.66. The van der Waals surface area contributed by atoms with Crippen LogP contribution in [0.5, 0.6) is 0 Å². The number of rotatable bonds is 7. The number of aliphatic carboxylic acids is 1. The average Bonchev–Trinajstić information content (AvgIpc) is 2.50. The van der Waals surface area contributed by atoms with Crippen molar-refractivity contribution >= 4 is 23.6 Å². The third kappa shape index (κ3) is 5.60. The van der Waals surface area contributed by atoms with Crippen molar-refractivity contribution in [3.8, 4) is 6.07 Å². The molecule has 0 saturated carbocycles. The van der Waals surface area contributed by atoms with E-state index < -0.39 is 12.0 Å². The van der Waals surface area contributed by atoms with E-state index in [2.05, 4.69) is 12.2 Å². The van der Waals surface area contributed by atoms with E-state index in [1.54, 1.807) is 16.7 Å². The molecular weight excluding hydrogens is 302 g/mol. The van der Waals surface area contributed by atoms with Gasteiger partial charge in [0, 0.05) is 19.3 Å². The molecule has 1 saturated heterocycles. The third-order valence-electron chi connectivity index (χ3n) is 3.76. The van der Waals surface area contributed by atoms with Crippen molar-refractivity contribution in [2.24, 2.45) is 5.92 Å². The van der Waals surface area contributed by atoms with Crippen LogP contribution in [0.2, 0.25) is 0 Å². The zero-order chi connectivity index (χ0) is 16.5. The van der Waals surface area contributed by atoms with Crippen molar-refractivity contribution in [1.82, 2.24) is 10.2 Å². The lowest BCUT2D eigenvalue weighted by Crippen LogP contribution is -2.39. The highest BCUT2D eigenvalue weighted by molar-refractivity contribution is 7.98. The molecule has 2 N–H and O–H groups in total. The molecule has 0 bridgehead atoms. The van der Waals surface area contributed by atoms with Gasteiger partial charge in [0.25, 0.3) is 5.91 Å². The van der Waals surface area contributed by atoms with Gasteiger partial charge in [-0.05, 0) is 37.2 Å². The van der Waals surface area contributed by atoms with Crippen LogP contribution in [0.1, 0.15) is 26.2 Å². The predicted molar refractivity (Wildman–Crippen MR) is 86.2 cm³/mol. The molecule has 122 valence electrons. The number of hydrogen-bond acceptors (Lipinski definition) is 5. The van der Waals surface area contributed by atoms with E-state index >= 15 is 0 Å². The Kier molecular flexibility index (Phi) is 7.82. The zero-order valence-corrected chi connectivity index (χ0v) is 13.9. The first kappa shape index (κ1) is 18.4. The van der Waals surface area contributed by atoms with Gasteiger partial charge in [-0.1, -0.05) is 6.92 Å². The first-order valence-corrected chi connectivity index (χ1v) is 8.76. The number of nitrogens with zero attached hydrogens (tertiary/aromatic N) is 2. The number of carbonyl (C=O) groups excluding carboxylic acids is 1. The number of likely N-dealkylation sites (tertiary alicyclic amines) is 1. The Morgan fingerprint density at radius 1 is 1.50 bits per heavy atom. The number of piperidine rings is 1. The lowest BCUT2D eigenvalue weighted by atomic mass is 9.99. The summed E-state index contributed by atoms with van der Waals surface area (Å²) in [5, 5.41) is 21.0. The summed E-state index contributed by atoms with van der Waals surface area (Å²) < 4.78 is 0. The number of carboxylic acids is 1. The smallest absolute Gasteiger partial charge is 0.326 e. The van der Waals surface area contributed by atoms with Crippen molar-refractivity contribution in [2.75, 3.05) is 25.1 Å². The van der Waals surface area contributed by atoms with Crippen LogP contribution in [0, 0.1) is 17.2 Å². The minimum atomic E-state index is -0.984. The fourth-order valence-electron chi connectivity index (χ4n) is 2.22. The van der Waals surface area contributed by atoms with Gasteiger partial charge in [-0.15, -0.1) is 0 Å². The Bertz CT molecular complexity index is 465. The van der Waals surface area contributed by atoms with Gasteiger partial charge in [-0.3, -0.25) is 4.79 Å². The fourth-order valence-corrected chi connectivity index (χ4v) is 2.69. The predicted octanol–water partition coefficient (Wildman–Crippen LogP) is 1.45. The quantitative estimate of drug-likeness (QED) is 0.543. The maximum Gasteiger partial charge on any atom is 0.326 e. The third-order valence-corrected chi connectivity index (χ3v) is 4.40. The van der Waals surface area contributed by atoms with E-state index in [9.17, 15) is 9.59 Å². The molecule has 1 rings (SSSR count). The van der Waals surface area contributed by atoms with E-state index in [1.807, 2.05) is 12.3 Å². The van der Waals surface area contributed by atoms with Crippen LogP contribution in [0.15, 0.2) is 11.8 Å². The molecule has 1 aliphatic heterocycles. The number of amides is 1. The van der Waals surface area contributed by atoms with Gasteiger partial charge in [-0.2, -0.15) is 17.0 Å². The summed E-state index contributed by atoms with van der Waals surface area (Å²) >= 11 is 1.55. The largest absolute Gasteiger partial charge is 0.480 e. The molecule has 0 aliphatic carbocycles. The summed E-state index contributed by atoms with van der Waals surface area (Å²) in [5.41, 5.74) is -0.0371. The average molecular weight is 325 g/mol. The van der Waals surface area contributed by atoms with Crippen LogP contribution in [0.4, 0.5) is 0 Å². The second kappa shape index (κ2) is 9.36. The Hall–Kier alpha value is -1.68. The number of thioether (sulfide) groups is 1. The van der Waals surface area contributed by atoms with E-state index in [-0.39, 0.29) is 11.5 Å². The molecule has 1 atom stereocenters. The van der Waals surface area contributed by atoms with Crippen molar-refractivity contribution in [2.45, 2.75) is 32.2 Å². The molecule has 0 spiro atoms. The first-order valence-electron chi connectivity index (χ1n) is 7.37. The standard InChI is InChI=1S/C15H23N3O3S/c1-11-3-6-18(7-4-11)14(19)12(9-16)10-17-13(15(20)21)5-8-22-2/h10-11,13,17H,3-8H2,1-2H3,(H,20,21)/b12-10-. The van der Waals surface area contributed by atoms with Crippen LogP contribution in [-0.2, 0) is 9.59 Å². The lowest BCUT2D eigenvalue weighted by molar-refractivity contribution is -0.139. The highest BCUT2D eigenvalue weighted by atomic mass is 32.2. The number of carboxylic acid groups (broad SMARTS) is 1. The van der Waals surface area contributed by atoms with Crippen molar-refractivity contribution < 1.29 is 14.7 Å². The normalized spacial score (nSPS) is 17.7.